The number of benzene rings is 1. The van der Waals surface area contributed by atoms with Crippen LogP contribution in [-0.4, -0.2) is 18.4 Å². The van der Waals surface area contributed by atoms with E-state index in [1.54, 1.807) is 6.92 Å². The van der Waals surface area contributed by atoms with Crippen molar-refractivity contribution in [2.24, 2.45) is 0 Å². The van der Waals surface area contributed by atoms with Gasteiger partial charge < -0.3 is 0 Å². The molecule has 2 aromatic rings. The molecule has 0 radical (unpaired) electrons. The Hall–Kier alpha value is -1.02. The highest BCUT2D eigenvalue weighted by molar-refractivity contribution is 9.10. The van der Waals surface area contributed by atoms with Gasteiger partial charge in [-0.25, -0.2) is 23.1 Å². The van der Waals surface area contributed by atoms with Crippen LogP contribution in [0.3, 0.4) is 0 Å². The van der Waals surface area contributed by atoms with Crippen molar-refractivity contribution in [2.45, 2.75) is 17.9 Å². The van der Waals surface area contributed by atoms with Gasteiger partial charge >= 0.3 is 0 Å². The lowest BCUT2D eigenvalue weighted by molar-refractivity contribution is 0.565. The second-order valence-corrected chi connectivity index (χ2v) is 6.96. The van der Waals surface area contributed by atoms with Crippen LogP contribution in [0, 0.1) is 0 Å². The Balaban J connectivity index is 2.24. The number of aromatic nitrogens is 2. The van der Waals surface area contributed by atoms with E-state index in [-0.39, 0.29) is 10.2 Å². The first-order valence-corrected chi connectivity index (χ1v) is 8.30. The molecule has 0 aliphatic carbocycles. The largest absolute Gasteiger partial charge is 0.244 e. The lowest BCUT2D eigenvalue weighted by Crippen LogP contribution is -2.27. The second kappa shape index (κ2) is 6.17. The topological polar surface area (TPSA) is 72.0 Å². The smallest absolute Gasteiger partial charge is 0.225 e. The molecule has 1 aromatic heterocycles. The molecule has 0 spiro atoms. The standard InChI is InChI=1S/C12H11BrClN3O2S/c1-8(10-4-2-3-5-11(10)13)17-20(18,19)9-6-15-12(14)16-7-9/h2-8,17H,1H3. The molecule has 0 saturated carbocycles. The number of hydrogen-bond donors (Lipinski definition) is 1. The maximum Gasteiger partial charge on any atom is 0.244 e. The molecule has 2 rings (SSSR count). The van der Waals surface area contributed by atoms with Crippen molar-refractivity contribution in [1.82, 2.24) is 14.7 Å². The molecule has 1 aromatic carbocycles. The Kier molecular flexibility index (Phi) is 4.74. The van der Waals surface area contributed by atoms with Crippen molar-refractivity contribution in [3.63, 3.8) is 0 Å². The van der Waals surface area contributed by atoms with Gasteiger partial charge in [-0.15, -0.1) is 0 Å². The number of rotatable bonds is 4. The Morgan fingerprint density at radius 1 is 1.25 bits per heavy atom. The zero-order valence-electron chi connectivity index (χ0n) is 10.4. The van der Waals surface area contributed by atoms with Gasteiger partial charge in [0.05, 0.1) is 12.4 Å². The van der Waals surface area contributed by atoms with Crippen molar-refractivity contribution < 1.29 is 8.42 Å². The molecule has 0 amide bonds. The summed E-state index contributed by atoms with van der Waals surface area (Å²) in [6.07, 6.45) is 2.34. The molecule has 1 heterocycles. The highest BCUT2D eigenvalue weighted by atomic mass is 79.9. The molecule has 0 aliphatic rings. The van der Waals surface area contributed by atoms with E-state index in [4.69, 9.17) is 11.6 Å². The van der Waals surface area contributed by atoms with E-state index in [0.29, 0.717) is 0 Å². The molecule has 1 N–H and O–H groups in total. The van der Waals surface area contributed by atoms with Gasteiger partial charge in [0.15, 0.2) is 0 Å². The van der Waals surface area contributed by atoms with Crippen LogP contribution >= 0.6 is 27.5 Å². The highest BCUT2D eigenvalue weighted by Gasteiger charge is 2.20. The normalized spacial score (nSPS) is 13.2. The van der Waals surface area contributed by atoms with Crippen LogP contribution in [0.5, 0.6) is 0 Å². The van der Waals surface area contributed by atoms with Gasteiger partial charge in [0, 0.05) is 10.5 Å². The summed E-state index contributed by atoms with van der Waals surface area (Å²) >= 11 is 8.93. The Bertz CT molecular complexity index is 707. The third-order valence-corrected chi connectivity index (χ3v) is 5.02. The monoisotopic (exact) mass is 375 g/mol. The van der Waals surface area contributed by atoms with Gasteiger partial charge in [0.1, 0.15) is 4.90 Å². The average Bonchev–Trinajstić information content (AvgIpc) is 2.39. The first kappa shape index (κ1) is 15.4. The van der Waals surface area contributed by atoms with E-state index in [1.165, 1.54) is 12.4 Å². The first-order chi connectivity index (χ1) is 9.40. The third-order valence-electron chi connectivity index (χ3n) is 2.61. The number of halogens is 2. The summed E-state index contributed by atoms with van der Waals surface area (Å²) in [4.78, 5) is 7.31. The summed E-state index contributed by atoms with van der Waals surface area (Å²) < 4.78 is 27.8. The number of nitrogens with one attached hydrogen (secondary N) is 1. The molecule has 106 valence electrons. The Morgan fingerprint density at radius 2 is 1.85 bits per heavy atom. The van der Waals surface area contributed by atoms with Gasteiger partial charge in [0.25, 0.3) is 0 Å². The van der Waals surface area contributed by atoms with Crippen molar-refractivity contribution >= 4 is 37.6 Å². The first-order valence-electron chi connectivity index (χ1n) is 5.64. The predicted octanol–water partition coefficient (Wildman–Crippen LogP) is 2.93. The fourth-order valence-corrected chi connectivity index (χ4v) is 3.47. The average molecular weight is 377 g/mol. The molecule has 0 aliphatic heterocycles. The maximum atomic E-state index is 12.2. The van der Waals surface area contributed by atoms with Crippen molar-refractivity contribution in [1.29, 1.82) is 0 Å². The zero-order chi connectivity index (χ0) is 14.8. The van der Waals surface area contributed by atoms with E-state index in [2.05, 4.69) is 30.6 Å². The fraction of sp³-hybridized carbons (Fsp3) is 0.167. The molecule has 0 bridgehead atoms. The van der Waals surface area contributed by atoms with Crippen LogP contribution in [0.25, 0.3) is 0 Å². The van der Waals surface area contributed by atoms with Gasteiger partial charge in [0.2, 0.25) is 15.3 Å². The number of nitrogens with zero attached hydrogens (tertiary/aromatic N) is 2. The lowest BCUT2D eigenvalue weighted by Gasteiger charge is -2.15. The van der Waals surface area contributed by atoms with Crippen LogP contribution in [0.2, 0.25) is 5.28 Å². The second-order valence-electron chi connectivity index (χ2n) is 4.05. The predicted molar refractivity (Wildman–Crippen MR) is 79.9 cm³/mol. The minimum atomic E-state index is -3.70. The molecule has 5 nitrogen and oxygen atoms in total. The van der Waals surface area contributed by atoms with Crippen LogP contribution < -0.4 is 4.72 Å². The molecule has 8 heteroatoms. The zero-order valence-corrected chi connectivity index (χ0v) is 13.6. The summed E-state index contributed by atoms with van der Waals surface area (Å²) in [5.41, 5.74) is 0.839. The number of sulfonamides is 1. The van der Waals surface area contributed by atoms with Gasteiger partial charge in [-0.3, -0.25) is 0 Å². The van der Waals surface area contributed by atoms with E-state index >= 15 is 0 Å². The lowest BCUT2D eigenvalue weighted by atomic mass is 10.1. The summed E-state index contributed by atoms with van der Waals surface area (Å²) in [5.74, 6) is 0. The Morgan fingerprint density at radius 3 is 2.45 bits per heavy atom. The van der Waals surface area contributed by atoms with Crippen LogP contribution in [0.4, 0.5) is 0 Å². The molecule has 1 atom stereocenters. The third kappa shape index (κ3) is 3.54. The van der Waals surface area contributed by atoms with E-state index in [0.717, 1.165) is 10.0 Å². The SMILES string of the molecule is CC(NS(=O)(=O)c1cnc(Cl)nc1)c1ccccc1Br. The fourth-order valence-electron chi connectivity index (χ4n) is 1.63. The summed E-state index contributed by atoms with van der Waals surface area (Å²) in [7, 11) is -3.70. The minimum absolute atomic E-state index is 0.00259. The van der Waals surface area contributed by atoms with Crippen LogP contribution in [-0.2, 0) is 10.0 Å². The van der Waals surface area contributed by atoms with E-state index in [1.807, 2.05) is 24.3 Å². The van der Waals surface area contributed by atoms with Crippen molar-refractivity contribution in [3.05, 3.63) is 52.0 Å². The number of hydrogen-bond acceptors (Lipinski definition) is 4. The van der Waals surface area contributed by atoms with Crippen LogP contribution in [0.1, 0.15) is 18.5 Å². The Labute approximate surface area is 130 Å². The summed E-state index contributed by atoms with van der Waals surface area (Å²) in [6.45, 7) is 1.76. The van der Waals surface area contributed by atoms with Crippen molar-refractivity contribution in [2.75, 3.05) is 0 Å². The molecule has 0 fully saturated rings. The van der Waals surface area contributed by atoms with E-state index in [9.17, 15) is 8.42 Å². The quantitative estimate of drug-likeness (QED) is 0.833. The molecule has 1 unspecified atom stereocenters. The highest BCUT2D eigenvalue weighted by Crippen LogP contribution is 2.24. The van der Waals surface area contributed by atoms with Gasteiger partial charge in [-0.2, -0.15) is 0 Å². The van der Waals surface area contributed by atoms with Crippen molar-refractivity contribution in [3.8, 4) is 0 Å². The summed E-state index contributed by atoms with van der Waals surface area (Å²) in [5, 5.41) is 0.00259. The molecular formula is C12H11BrClN3O2S. The summed E-state index contributed by atoms with van der Waals surface area (Å²) in [6, 6.07) is 7.01. The molecule has 0 saturated heterocycles. The molecular weight excluding hydrogens is 366 g/mol. The maximum absolute atomic E-state index is 12.2. The molecule has 20 heavy (non-hydrogen) atoms. The van der Waals surface area contributed by atoms with Gasteiger partial charge in [-0.1, -0.05) is 34.1 Å². The van der Waals surface area contributed by atoms with E-state index < -0.39 is 16.1 Å². The van der Waals surface area contributed by atoms with Crippen LogP contribution in [0.15, 0.2) is 46.0 Å². The van der Waals surface area contributed by atoms with Gasteiger partial charge in [-0.05, 0) is 30.2 Å². The minimum Gasteiger partial charge on any atom is -0.225 e.